The number of amides is 1. The summed E-state index contributed by atoms with van der Waals surface area (Å²) in [5.41, 5.74) is 9.30. The number of amidine groups is 1. The Morgan fingerprint density at radius 3 is 2.70 bits per heavy atom. The lowest BCUT2D eigenvalue weighted by atomic mass is 10.0. The molecule has 0 radical (unpaired) electrons. The van der Waals surface area contributed by atoms with Gasteiger partial charge in [-0.25, -0.2) is 8.42 Å². The molecule has 4 rings (SSSR count). The molecule has 2 heterocycles. The largest absolute Gasteiger partial charge is 0.490 e. The molecule has 0 atom stereocenters. The summed E-state index contributed by atoms with van der Waals surface area (Å²) in [5.74, 6) is -0.129. The predicted octanol–water partition coefficient (Wildman–Crippen LogP) is 2.99. The Morgan fingerprint density at radius 1 is 1.18 bits per heavy atom. The molecule has 0 saturated carbocycles. The second-order valence-electron chi connectivity index (χ2n) is 8.95. The van der Waals surface area contributed by atoms with Gasteiger partial charge >= 0.3 is 0 Å². The molecule has 0 spiro atoms. The van der Waals surface area contributed by atoms with Gasteiger partial charge in [0.05, 0.1) is 27.9 Å². The van der Waals surface area contributed by atoms with E-state index >= 15 is 0 Å². The van der Waals surface area contributed by atoms with E-state index in [4.69, 9.17) is 10.5 Å². The minimum atomic E-state index is -3.63. The maximum absolute atomic E-state index is 13.2. The van der Waals surface area contributed by atoms with E-state index in [1.165, 1.54) is 0 Å². The average Bonchev–Trinajstić information content (AvgIpc) is 2.70. The van der Waals surface area contributed by atoms with Crippen molar-refractivity contribution in [3.05, 3.63) is 70.4 Å². The van der Waals surface area contributed by atoms with Crippen LogP contribution >= 0.6 is 0 Å². The second-order valence-corrected chi connectivity index (χ2v) is 10.6. The number of hydrogen-bond acceptors (Lipinski definition) is 6. The van der Waals surface area contributed by atoms with Crippen LogP contribution in [-0.4, -0.2) is 37.3 Å². The van der Waals surface area contributed by atoms with Crippen molar-refractivity contribution in [2.75, 3.05) is 6.61 Å². The van der Waals surface area contributed by atoms with E-state index in [1.807, 2.05) is 45.9 Å². The van der Waals surface area contributed by atoms with Crippen LogP contribution in [0.1, 0.15) is 46.6 Å². The van der Waals surface area contributed by atoms with E-state index in [9.17, 15) is 13.2 Å². The molecular weight excluding hydrogens is 440 g/mol. The molecule has 1 amide bonds. The summed E-state index contributed by atoms with van der Waals surface area (Å²) in [4.78, 5) is 17.7. The number of aromatic nitrogens is 1. The van der Waals surface area contributed by atoms with Gasteiger partial charge in [0.15, 0.2) is 0 Å². The second kappa shape index (κ2) is 8.15. The first kappa shape index (κ1) is 22.7. The normalized spacial score (nSPS) is 15.0. The molecule has 1 aromatic heterocycles. The highest BCUT2D eigenvalue weighted by Crippen LogP contribution is 2.29. The van der Waals surface area contributed by atoms with Gasteiger partial charge in [-0.05, 0) is 57.5 Å². The minimum Gasteiger partial charge on any atom is -0.490 e. The van der Waals surface area contributed by atoms with E-state index in [2.05, 4.69) is 14.7 Å². The number of carbonyl (C=O) groups is 1. The lowest BCUT2D eigenvalue weighted by molar-refractivity contribution is 0.0882. The van der Waals surface area contributed by atoms with Crippen molar-refractivity contribution in [2.24, 2.45) is 10.1 Å². The van der Waals surface area contributed by atoms with Crippen LogP contribution in [0.25, 0.3) is 10.9 Å². The van der Waals surface area contributed by atoms with E-state index < -0.39 is 15.6 Å². The van der Waals surface area contributed by atoms with Crippen molar-refractivity contribution in [1.29, 1.82) is 0 Å². The fourth-order valence-electron chi connectivity index (χ4n) is 3.86. The van der Waals surface area contributed by atoms with Crippen LogP contribution in [-0.2, 0) is 15.8 Å². The number of pyridine rings is 1. The van der Waals surface area contributed by atoms with Crippen LogP contribution in [0.2, 0.25) is 0 Å². The van der Waals surface area contributed by atoms with Crippen LogP contribution in [0.5, 0.6) is 5.75 Å². The molecule has 9 heteroatoms. The van der Waals surface area contributed by atoms with Crippen molar-refractivity contribution in [3.8, 4) is 5.75 Å². The standard InChI is InChI=1S/C24H26N4O4S/c1-14-8-9-19-17(10-14)18(11-15(2)26-19)23(29)27-24(3,4)13-32-20-7-5-6-16-12-33(30,31)28-22(25)21(16)20/h5-11H,12-13H2,1-4H3,(H2,25,28)(H,27,29). The molecule has 1 aliphatic rings. The third-order valence-corrected chi connectivity index (χ3v) is 6.47. The topological polar surface area (TPSA) is 124 Å². The van der Waals surface area contributed by atoms with E-state index in [0.29, 0.717) is 22.4 Å². The first-order chi connectivity index (χ1) is 15.4. The van der Waals surface area contributed by atoms with Crippen LogP contribution in [0.3, 0.4) is 0 Å². The zero-order chi connectivity index (χ0) is 24.0. The van der Waals surface area contributed by atoms with Gasteiger partial charge in [-0.1, -0.05) is 23.8 Å². The van der Waals surface area contributed by atoms with Gasteiger partial charge < -0.3 is 15.8 Å². The zero-order valence-corrected chi connectivity index (χ0v) is 19.8. The Hall–Kier alpha value is -3.46. The zero-order valence-electron chi connectivity index (χ0n) is 19.0. The van der Waals surface area contributed by atoms with Crippen LogP contribution in [0.15, 0.2) is 46.9 Å². The molecule has 2 aromatic carbocycles. The van der Waals surface area contributed by atoms with Crippen molar-refractivity contribution < 1.29 is 17.9 Å². The number of carbonyl (C=O) groups excluding carboxylic acids is 1. The first-order valence-corrected chi connectivity index (χ1v) is 12.1. The molecule has 0 aliphatic carbocycles. The summed E-state index contributed by atoms with van der Waals surface area (Å²) in [5, 5.41) is 3.83. The Labute approximate surface area is 192 Å². The van der Waals surface area contributed by atoms with Gasteiger partial charge in [0.1, 0.15) is 18.2 Å². The number of fused-ring (bicyclic) bond motifs is 2. The number of sulfonamides is 1. The molecule has 3 N–H and O–H groups in total. The number of benzene rings is 2. The molecular formula is C24H26N4O4S. The Kier molecular flexibility index (Phi) is 5.61. The van der Waals surface area contributed by atoms with Crippen molar-refractivity contribution in [1.82, 2.24) is 10.3 Å². The molecule has 8 nitrogen and oxygen atoms in total. The highest BCUT2D eigenvalue weighted by Gasteiger charge is 2.28. The molecule has 0 unspecified atom stereocenters. The third kappa shape index (κ3) is 4.83. The molecule has 0 bridgehead atoms. The smallest absolute Gasteiger partial charge is 0.259 e. The van der Waals surface area contributed by atoms with Gasteiger partial charge in [0.25, 0.3) is 15.9 Å². The van der Waals surface area contributed by atoms with Crippen LogP contribution < -0.4 is 15.8 Å². The van der Waals surface area contributed by atoms with Gasteiger partial charge in [-0.15, -0.1) is 4.40 Å². The van der Waals surface area contributed by atoms with E-state index in [-0.39, 0.29) is 24.1 Å². The SMILES string of the molecule is Cc1ccc2nc(C)cc(C(=O)NC(C)(C)COc3cccc4c3C(N)=NS(=O)(=O)C4)c2c1. The molecule has 172 valence electrons. The van der Waals surface area contributed by atoms with Gasteiger partial charge in [-0.2, -0.15) is 0 Å². The summed E-state index contributed by atoms with van der Waals surface area (Å²) >= 11 is 0. The quantitative estimate of drug-likeness (QED) is 0.596. The predicted molar refractivity (Wildman–Crippen MR) is 128 cm³/mol. The average molecular weight is 467 g/mol. The highest BCUT2D eigenvalue weighted by atomic mass is 32.2. The van der Waals surface area contributed by atoms with Gasteiger partial charge in [0, 0.05) is 11.1 Å². The molecule has 0 saturated heterocycles. The number of nitrogens with zero attached hydrogens (tertiary/aromatic N) is 2. The lowest BCUT2D eigenvalue weighted by Gasteiger charge is -2.28. The van der Waals surface area contributed by atoms with Crippen molar-refractivity contribution in [3.63, 3.8) is 0 Å². The Balaban J connectivity index is 1.56. The molecule has 0 fully saturated rings. The summed E-state index contributed by atoms with van der Waals surface area (Å²) < 4.78 is 33.4. The summed E-state index contributed by atoms with van der Waals surface area (Å²) in [7, 11) is -3.63. The van der Waals surface area contributed by atoms with Crippen LogP contribution in [0.4, 0.5) is 0 Å². The monoisotopic (exact) mass is 466 g/mol. The molecule has 1 aliphatic heterocycles. The van der Waals surface area contributed by atoms with Crippen LogP contribution in [0, 0.1) is 13.8 Å². The number of nitrogens with one attached hydrogen (secondary N) is 1. The summed E-state index contributed by atoms with van der Waals surface area (Å²) in [6, 6.07) is 12.7. The van der Waals surface area contributed by atoms with Gasteiger partial charge in [0.2, 0.25) is 0 Å². The Morgan fingerprint density at radius 2 is 1.94 bits per heavy atom. The number of aryl methyl sites for hydroxylation is 2. The number of hydrogen-bond donors (Lipinski definition) is 2. The molecule has 3 aromatic rings. The van der Waals surface area contributed by atoms with E-state index in [0.717, 1.165) is 22.2 Å². The maximum atomic E-state index is 13.2. The summed E-state index contributed by atoms with van der Waals surface area (Å²) in [6.45, 7) is 7.66. The number of nitrogens with two attached hydrogens (primary N) is 1. The Bertz CT molecular complexity index is 1410. The first-order valence-electron chi connectivity index (χ1n) is 10.5. The number of ether oxygens (including phenoxy) is 1. The van der Waals surface area contributed by atoms with Crippen molar-refractivity contribution >= 4 is 32.7 Å². The minimum absolute atomic E-state index is 0.0946. The third-order valence-electron chi connectivity index (χ3n) is 5.32. The van der Waals surface area contributed by atoms with E-state index in [1.54, 1.807) is 24.3 Å². The molecule has 33 heavy (non-hydrogen) atoms. The fourth-order valence-corrected chi connectivity index (χ4v) is 4.95. The summed E-state index contributed by atoms with van der Waals surface area (Å²) in [6.07, 6.45) is 0. The number of rotatable bonds is 5. The fraction of sp³-hybridized carbons (Fsp3) is 0.292. The maximum Gasteiger partial charge on any atom is 0.259 e. The van der Waals surface area contributed by atoms with Crippen molar-refractivity contribution in [2.45, 2.75) is 39.0 Å². The van der Waals surface area contributed by atoms with Gasteiger partial charge in [-0.3, -0.25) is 9.78 Å². The highest BCUT2D eigenvalue weighted by molar-refractivity contribution is 7.89. The lowest BCUT2D eigenvalue weighted by Crippen LogP contribution is -2.48.